The van der Waals surface area contributed by atoms with Gasteiger partial charge in [0.15, 0.2) is 12.4 Å². The molecule has 0 saturated heterocycles. The van der Waals surface area contributed by atoms with Gasteiger partial charge in [-0.3, -0.25) is 4.79 Å². The summed E-state index contributed by atoms with van der Waals surface area (Å²) in [6.45, 7) is 4.49. The van der Waals surface area contributed by atoms with E-state index in [0.717, 1.165) is 0 Å². The van der Waals surface area contributed by atoms with E-state index in [1.54, 1.807) is 18.2 Å². The van der Waals surface area contributed by atoms with E-state index in [2.05, 4.69) is 35.1 Å². The normalized spacial score (nSPS) is 10.6. The maximum Gasteiger partial charge on any atom is 0.262 e. The van der Waals surface area contributed by atoms with Crippen molar-refractivity contribution in [1.82, 2.24) is 0 Å². The van der Waals surface area contributed by atoms with E-state index in [4.69, 9.17) is 32.7 Å². The number of amides is 1. The molecular formula is C18H18BrCl2NO3. The molecule has 0 aliphatic rings. The molecule has 0 saturated carbocycles. The molecule has 0 aliphatic carbocycles. The molecule has 2 rings (SSSR count). The van der Waals surface area contributed by atoms with E-state index in [1.165, 1.54) is 0 Å². The number of ether oxygens (including phenoxy) is 2. The first-order valence-electron chi connectivity index (χ1n) is 7.66. The second-order valence-electron chi connectivity index (χ2n) is 5.74. The molecule has 2 aromatic carbocycles. The Kier molecular flexibility index (Phi) is 7.41. The highest BCUT2D eigenvalue weighted by molar-refractivity contribution is 9.10. The summed E-state index contributed by atoms with van der Waals surface area (Å²) in [5.41, 5.74) is 0.595. The summed E-state index contributed by atoms with van der Waals surface area (Å²) in [6, 6.07) is 10.5. The van der Waals surface area contributed by atoms with Crippen molar-refractivity contribution in [2.75, 3.05) is 18.5 Å². The molecule has 0 radical (unpaired) electrons. The zero-order chi connectivity index (χ0) is 18.4. The van der Waals surface area contributed by atoms with Crippen LogP contribution in [0, 0.1) is 5.92 Å². The lowest BCUT2D eigenvalue weighted by atomic mass is 10.2. The summed E-state index contributed by atoms with van der Waals surface area (Å²) in [7, 11) is 0. The molecule has 2 aromatic rings. The molecular weight excluding hydrogens is 429 g/mol. The summed E-state index contributed by atoms with van der Waals surface area (Å²) >= 11 is 15.3. The Morgan fingerprint density at radius 1 is 1.20 bits per heavy atom. The number of para-hydroxylation sites is 2. The minimum absolute atomic E-state index is 0.196. The average molecular weight is 447 g/mol. The maximum absolute atomic E-state index is 12.2. The van der Waals surface area contributed by atoms with E-state index in [9.17, 15) is 4.79 Å². The van der Waals surface area contributed by atoms with Crippen LogP contribution in [0.3, 0.4) is 0 Å². The molecule has 134 valence electrons. The third-order valence-electron chi connectivity index (χ3n) is 3.04. The quantitative estimate of drug-likeness (QED) is 0.583. The van der Waals surface area contributed by atoms with Gasteiger partial charge in [0.1, 0.15) is 5.75 Å². The van der Waals surface area contributed by atoms with Crippen molar-refractivity contribution in [3.8, 4) is 11.5 Å². The summed E-state index contributed by atoms with van der Waals surface area (Å²) < 4.78 is 11.8. The van der Waals surface area contributed by atoms with Crippen LogP contribution in [0.1, 0.15) is 13.8 Å². The lowest BCUT2D eigenvalue weighted by Gasteiger charge is -2.14. The summed E-state index contributed by atoms with van der Waals surface area (Å²) in [6.07, 6.45) is 0. The first kappa shape index (κ1) is 19.9. The highest BCUT2D eigenvalue weighted by atomic mass is 79.9. The van der Waals surface area contributed by atoms with Crippen LogP contribution in [0.4, 0.5) is 5.69 Å². The molecule has 4 nitrogen and oxygen atoms in total. The lowest BCUT2D eigenvalue weighted by molar-refractivity contribution is -0.118. The molecule has 1 amide bonds. The van der Waals surface area contributed by atoms with Gasteiger partial charge >= 0.3 is 0 Å². The fourth-order valence-corrected chi connectivity index (χ4v) is 3.31. The van der Waals surface area contributed by atoms with Crippen LogP contribution in [0.2, 0.25) is 10.0 Å². The largest absolute Gasteiger partial charge is 0.491 e. The molecule has 0 fully saturated rings. The molecule has 0 aromatic heterocycles. The molecule has 0 heterocycles. The maximum atomic E-state index is 12.2. The highest BCUT2D eigenvalue weighted by Crippen LogP contribution is 2.36. The van der Waals surface area contributed by atoms with Crippen LogP contribution < -0.4 is 14.8 Å². The minimum atomic E-state index is -0.321. The van der Waals surface area contributed by atoms with Crippen LogP contribution in [-0.4, -0.2) is 19.1 Å². The van der Waals surface area contributed by atoms with Crippen molar-refractivity contribution >= 4 is 50.7 Å². The number of rotatable bonds is 7. The molecule has 0 spiro atoms. The smallest absolute Gasteiger partial charge is 0.262 e. The monoisotopic (exact) mass is 445 g/mol. The number of nitrogens with one attached hydrogen (secondary N) is 1. The van der Waals surface area contributed by atoms with Gasteiger partial charge in [-0.2, -0.15) is 0 Å². The number of hydrogen-bond acceptors (Lipinski definition) is 3. The number of benzene rings is 2. The van der Waals surface area contributed by atoms with Gasteiger partial charge in [-0.05, 0) is 46.1 Å². The predicted octanol–water partition coefficient (Wildman–Crippen LogP) is 5.81. The van der Waals surface area contributed by atoms with E-state index < -0.39 is 0 Å². The van der Waals surface area contributed by atoms with Crippen molar-refractivity contribution in [3.05, 3.63) is 50.9 Å². The van der Waals surface area contributed by atoms with Crippen LogP contribution >= 0.6 is 39.1 Å². The Bertz CT molecular complexity index is 730. The fourth-order valence-electron chi connectivity index (χ4n) is 1.94. The topological polar surface area (TPSA) is 47.6 Å². The zero-order valence-electron chi connectivity index (χ0n) is 13.8. The fraction of sp³-hybridized carbons (Fsp3) is 0.278. The lowest BCUT2D eigenvalue weighted by Crippen LogP contribution is -2.21. The number of anilines is 1. The van der Waals surface area contributed by atoms with Gasteiger partial charge in [0.25, 0.3) is 5.91 Å². The van der Waals surface area contributed by atoms with E-state index in [-0.39, 0.29) is 12.5 Å². The molecule has 0 unspecified atom stereocenters. The van der Waals surface area contributed by atoms with E-state index in [1.807, 2.05) is 18.2 Å². The predicted molar refractivity (Wildman–Crippen MR) is 105 cm³/mol. The summed E-state index contributed by atoms with van der Waals surface area (Å²) in [5.74, 6) is 1.05. The summed E-state index contributed by atoms with van der Waals surface area (Å²) in [4.78, 5) is 12.2. The van der Waals surface area contributed by atoms with Gasteiger partial charge in [-0.1, -0.05) is 49.2 Å². The Hall–Kier alpha value is -1.43. The van der Waals surface area contributed by atoms with Crippen LogP contribution in [0.25, 0.3) is 0 Å². The molecule has 0 bridgehead atoms. The molecule has 0 atom stereocenters. The number of carbonyl (C=O) groups is 1. The average Bonchev–Trinajstić information content (AvgIpc) is 2.53. The first-order chi connectivity index (χ1) is 11.9. The first-order valence-corrected chi connectivity index (χ1v) is 9.20. The van der Waals surface area contributed by atoms with Gasteiger partial charge in [-0.25, -0.2) is 0 Å². The Morgan fingerprint density at radius 3 is 2.60 bits per heavy atom. The van der Waals surface area contributed by atoms with Gasteiger partial charge in [0, 0.05) is 5.02 Å². The Labute approximate surface area is 165 Å². The van der Waals surface area contributed by atoms with Crippen molar-refractivity contribution in [2.45, 2.75) is 13.8 Å². The Balaban J connectivity index is 1.99. The number of carbonyl (C=O) groups excluding carboxylic acids is 1. The molecule has 0 aliphatic heterocycles. The van der Waals surface area contributed by atoms with Crippen molar-refractivity contribution in [1.29, 1.82) is 0 Å². The van der Waals surface area contributed by atoms with Gasteiger partial charge in [-0.15, -0.1) is 0 Å². The van der Waals surface area contributed by atoms with E-state index >= 15 is 0 Å². The SMILES string of the molecule is CC(C)COc1ccccc1NC(=O)COc1c(Cl)cc(Cl)cc1Br. The van der Waals surface area contributed by atoms with Crippen molar-refractivity contribution < 1.29 is 14.3 Å². The van der Waals surface area contributed by atoms with Gasteiger partial charge in [0.2, 0.25) is 0 Å². The van der Waals surface area contributed by atoms with Crippen molar-refractivity contribution in [2.24, 2.45) is 5.92 Å². The Morgan fingerprint density at radius 2 is 1.92 bits per heavy atom. The van der Waals surface area contributed by atoms with E-state index in [0.29, 0.717) is 44.2 Å². The number of halogens is 3. The molecule has 1 N–H and O–H groups in total. The number of hydrogen-bond donors (Lipinski definition) is 1. The summed E-state index contributed by atoms with van der Waals surface area (Å²) in [5, 5.41) is 3.58. The van der Waals surface area contributed by atoms with Crippen LogP contribution in [0.15, 0.2) is 40.9 Å². The second-order valence-corrected chi connectivity index (χ2v) is 7.43. The van der Waals surface area contributed by atoms with Gasteiger partial charge < -0.3 is 14.8 Å². The third kappa shape index (κ3) is 6.10. The van der Waals surface area contributed by atoms with Crippen LogP contribution in [0.5, 0.6) is 11.5 Å². The van der Waals surface area contributed by atoms with Crippen molar-refractivity contribution in [3.63, 3.8) is 0 Å². The molecule has 7 heteroatoms. The minimum Gasteiger partial charge on any atom is -0.491 e. The standard InChI is InChI=1S/C18H18BrCl2NO3/c1-11(2)9-24-16-6-4-3-5-15(16)22-17(23)10-25-18-13(19)7-12(20)8-14(18)21/h3-8,11H,9-10H2,1-2H3,(H,22,23). The van der Waals surface area contributed by atoms with Crippen LogP contribution in [-0.2, 0) is 4.79 Å². The molecule has 25 heavy (non-hydrogen) atoms. The highest BCUT2D eigenvalue weighted by Gasteiger charge is 2.13. The second kappa shape index (κ2) is 9.32. The third-order valence-corrected chi connectivity index (χ3v) is 4.13. The van der Waals surface area contributed by atoms with Gasteiger partial charge in [0.05, 0.1) is 21.8 Å². The zero-order valence-corrected chi connectivity index (χ0v) is 16.9.